The number of rotatable bonds is 5. The van der Waals surface area contributed by atoms with Gasteiger partial charge in [-0.15, -0.1) is 0 Å². The second-order valence-corrected chi connectivity index (χ2v) is 6.63. The van der Waals surface area contributed by atoms with Gasteiger partial charge in [0, 0.05) is 36.7 Å². The van der Waals surface area contributed by atoms with E-state index < -0.39 is 0 Å². The van der Waals surface area contributed by atoms with Crippen LogP contribution in [0, 0.1) is 6.92 Å². The van der Waals surface area contributed by atoms with Crippen LogP contribution < -0.4 is 10.1 Å². The Bertz CT molecular complexity index is 1090. The highest BCUT2D eigenvalue weighted by Crippen LogP contribution is 2.31. The number of ether oxygens (including phenoxy) is 1. The van der Waals surface area contributed by atoms with Crippen LogP contribution in [0.3, 0.4) is 0 Å². The summed E-state index contributed by atoms with van der Waals surface area (Å²) in [6.45, 7) is 2.09. The second kappa shape index (κ2) is 7.11. The highest BCUT2D eigenvalue weighted by molar-refractivity contribution is 5.91. The lowest BCUT2D eigenvalue weighted by molar-refractivity contribution is 0.414. The number of aryl methyl sites for hydroxylation is 2. The average molecular weight is 358 g/mol. The first-order valence-corrected chi connectivity index (χ1v) is 8.89. The molecule has 4 rings (SSSR count). The molecule has 0 saturated heterocycles. The normalized spacial score (nSPS) is 12.1. The maximum atomic E-state index is 5.42. The van der Waals surface area contributed by atoms with E-state index in [-0.39, 0.29) is 6.04 Å². The lowest BCUT2D eigenvalue weighted by Crippen LogP contribution is -2.17. The molecule has 0 aliphatic heterocycles. The molecule has 5 heteroatoms. The molecule has 2 heterocycles. The van der Waals surface area contributed by atoms with Gasteiger partial charge in [0.25, 0.3) is 0 Å². The summed E-state index contributed by atoms with van der Waals surface area (Å²) in [5, 5.41) is 4.78. The number of nitrogens with zero attached hydrogens (tertiary/aromatic N) is 3. The monoisotopic (exact) mass is 358 g/mol. The molecule has 0 amide bonds. The standard InChI is InChI=1S/C22H22N4O/c1-15-7-8-19-18(13-15)20(9-10-23-19)25-21(22-24-11-12-26(22)2)16-5-4-6-17(14-16)27-3/h4-14,21H,1-3H3,(H,23,25). The molecule has 27 heavy (non-hydrogen) atoms. The smallest absolute Gasteiger partial charge is 0.135 e. The zero-order valence-corrected chi connectivity index (χ0v) is 15.7. The molecular weight excluding hydrogens is 336 g/mol. The Morgan fingerprint density at radius 1 is 1.04 bits per heavy atom. The van der Waals surface area contributed by atoms with Gasteiger partial charge in [0.05, 0.1) is 12.6 Å². The molecule has 1 unspecified atom stereocenters. The van der Waals surface area contributed by atoms with Crippen molar-refractivity contribution in [1.29, 1.82) is 0 Å². The number of fused-ring (bicyclic) bond motifs is 1. The molecule has 0 spiro atoms. The Hall–Kier alpha value is -3.34. The number of aromatic nitrogens is 3. The predicted octanol–water partition coefficient (Wildman–Crippen LogP) is 4.49. The van der Waals surface area contributed by atoms with Crippen LogP contribution in [-0.4, -0.2) is 21.6 Å². The number of methoxy groups -OCH3 is 1. The van der Waals surface area contributed by atoms with E-state index in [4.69, 9.17) is 4.74 Å². The van der Waals surface area contributed by atoms with Gasteiger partial charge in [0.1, 0.15) is 17.6 Å². The Morgan fingerprint density at radius 3 is 2.70 bits per heavy atom. The first-order valence-electron chi connectivity index (χ1n) is 8.89. The fourth-order valence-electron chi connectivity index (χ4n) is 3.31. The molecule has 0 aliphatic rings. The van der Waals surface area contributed by atoms with E-state index in [2.05, 4.69) is 46.5 Å². The van der Waals surface area contributed by atoms with Crippen molar-refractivity contribution in [3.05, 3.63) is 84.1 Å². The minimum Gasteiger partial charge on any atom is -0.497 e. The van der Waals surface area contributed by atoms with Crippen molar-refractivity contribution < 1.29 is 4.74 Å². The van der Waals surface area contributed by atoms with Crippen LogP contribution in [0.2, 0.25) is 0 Å². The number of anilines is 1. The Kier molecular flexibility index (Phi) is 4.50. The van der Waals surface area contributed by atoms with Gasteiger partial charge in [0.2, 0.25) is 0 Å². The molecule has 0 saturated carbocycles. The van der Waals surface area contributed by atoms with Crippen molar-refractivity contribution in [2.75, 3.05) is 12.4 Å². The number of hydrogen-bond donors (Lipinski definition) is 1. The third-order valence-electron chi connectivity index (χ3n) is 4.74. The van der Waals surface area contributed by atoms with Gasteiger partial charge < -0.3 is 14.6 Å². The molecule has 0 aliphatic carbocycles. The average Bonchev–Trinajstić information content (AvgIpc) is 3.12. The number of benzene rings is 2. The highest BCUT2D eigenvalue weighted by atomic mass is 16.5. The molecule has 2 aromatic carbocycles. The van der Waals surface area contributed by atoms with Crippen molar-refractivity contribution in [3.8, 4) is 5.75 Å². The van der Waals surface area contributed by atoms with Gasteiger partial charge in [-0.2, -0.15) is 0 Å². The lowest BCUT2D eigenvalue weighted by atomic mass is 10.0. The maximum absolute atomic E-state index is 5.42. The van der Waals surface area contributed by atoms with Gasteiger partial charge >= 0.3 is 0 Å². The molecule has 0 radical (unpaired) electrons. The minimum absolute atomic E-state index is 0.119. The molecule has 136 valence electrons. The van der Waals surface area contributed by atoms with Gasteiger partial charge in [-0.25, -0.2) is 4.98 Å². The highest BCUT2D eigenvalue weighted by Gasteiger charge is 2.20. The molecule has 0 bridgehead atoms. The Balaban J connectivity index is 1.83. The SMILES string of the molecule is COc1cccc(C(Nc2ccnc3ccc(C)cc23)c2nccn2C)c1. The van der Waals surface area contributed by atoms with Crippen LogP contribution >= 0.6 is 0 Å². The van der Waals surface area contributed by atoms with Crippen LogP contribution in [0.4, 0.5) is 5.69 Å². The summed E-state index contributed by atoms with van der Waals surface area (Å²) in [4.78, 5) is 9.08. The van der Waals surface area contributed by atoms with Crippen LogP contribution in [0.1, 0.15) is 23.0 Å². The summed E-state index contributed by atoms with van der Waals surface area (Å²) < 4.78 is 7.46. The number of imidazole rings is 1. The zero-order valence-electron chi connectivity index (χ0n) is 15.7. The van der Waals surface area contributed by atoms with Gasteiger partial charge in [-0.1, -0.05) is 23.8 Å². The zero-order chi connectivity index (χ0) is 18.8. The summed E-state index contributed by atoms with van der Waals surface area (Å²) in [6.07, 6.45) is 5.61. The van der Waals surface area contributed by atoms with E-state index in [0.717, 1.165) is 33.7 Å². The first-order chi connectivity index (χ1) is 13.2. The molecule has 1 N–H and O–H groups in total. The van der Waals surface area contributed by atoms with Crippen molar-refractivity contribution in [2.45, 2.75) is 13.0 Å². The van der Waals surface area contributed by atoms with E-state index in [1.54, 1.807) is 7.11 Å². The molecule has 4 aromatic rings. The number of hydrogen-bond acceptors (Lipinski definition) is 4. The minimum atomic E-state index is -0.119. The van der Waals surface area contributed by atoms with Crippen LogP contribution in [-0.2, 0) is 7.05 Å². The summed E-state index contributed by atoms with van der Waals surface area (Å²) in [6, 6.07) is 16.3. The van der Waals surface area contributed by atoms with Gasteiger partial charge in [-0.05, 0) is 42.8 Å². The van der Waals surface area contributed by atoms with E-state index in [1.165, 1.54) is 5.56 Å². The third kappa shape index (κ3) is 3.36. The van der Waals surface area contributed by atoms with E-state index >= 15 is 0 Å². The third-order valence-corrected chi connectivity index (χ3v) is 4.74. The summed E-state index contributed by atoms with van der Waals surface area (Å²) >= 11 is 0. The molecule has 1 atom stereocenters. The number of pyridine rings is 1. The summed E-state index contributed by atoms with van der Waals surface area (Å²) in [7, 11) is 3.69. The molecule has 5 nitrogen and oxygen atoms in total. The van der Waals surface area contributed by atoms with Crippen molar-refractivity contribution in [1.82, 2.24) is 14.5 Å². The van der Waals surface area contributed by atoms with Crippen LogP contribution in [0.25, 0.3) is 10.9 Å². The molecule has 2 aromatic heterocycles. The van der Waals surface area contributed by atoms with Gasteiger partial charge in [-0.3, -0.25) is 4.98 Å². The predicted molar refractivity (Wildman–Crippen MR) is 108 cm³/mol. The van der Waals surface area contributed by atoms with E-state index in [9.17, 15) is 0 Å². The summed E-state index contributed by atoms with van der Waals surface area (Å²) in [5.74, 6) is 1.75. The second-order valence-electron chi connectivity index (χ2n) is 6.63. The van der Waals surface area contributed by atoms with Crippen molar-refractivity contribution in [3.63, 3.8) is 0 Å². The quantitative estimate of drug-likeness (QED) is 0.571. The molecule has 0 fully saturated rings. The maximum Gasteiger partial charge on any atom is 0.135 e. The largest absolute Gasteiger partial charge is 0.497 e. The fourth-order valence-corrected chi connectivity index (χ4v) is 3.31. The fraction of sp³-hybridized carbons (Fsp3) is 0.182. The van der Waals surface area contributed by atoms with Crippen molar-refractivity contribution in [2.24, 2.45) is 7.05 Å². The van der Waals surface area contributed by atoms with Crippen LogP contribution in [0.5, 0.6) is 5.75 Å². The Labute approximate surface area is 158 Å². The van der Waals surface area contributed by atoms with E-state index in [0.29, 0.717) is 0 Å². The van der Waals surface area contributed by atoms with Crippen LogP contribution in [0.15, 0.2) is 67.1 Å². The van der Waals surface area contributed by atoms with Gasteiger partial charge in [0.15, 0.2) is 0 Å². The molecular formula is C22H22N4O. The topological polar surface area (TPSA) is 52.0 Å². The van der Waals surface area contributed by atoms with Crippen molar-refractivity contribution >= 4 is 16.6 Å². The first kappa shape index (κ1) is 17.1. The summed E-state index contributed by atoms with van der Waals surface area (Å²) in [5.41, 5.74) is 4.28. The number of nitrogens with one attached hydrogen (secondary N) is 1. The van der Waals surface area contributed by atoms with E-state index in [1.807, 2.05) is 54.5 Å². The Morgan fingerprint density at radius 2 is 1.93 bits per heavy atom. The lowest BCUT2D eigenvalue weighted by Gasteiger charge is -2.22.